The predicted octanol–water partition coefficient (Wildman–Crippen LogP) is 3.34. The average Bonchev–Trinajstić information content (AvgIpc) is 2.09. The highest BCUT2D eigenvalue weighted by atomic mass is 19.1. The van der Waals surface area contributed by atoms with Gasteiger partial charge in [-0.25, -0.2) is 8.78 Å². The molecule has 0 spiro atoms. The van der Waals surface area contributed by atoms with Crippen molar-refractivity contribution in [1.82, 2.24) is 0 Å². The first-order chi connectivity index (χ1) is 6.15. The molecule has 1 aromatic rings. The van der Waals surface area contributed by atoms with Crippen LogP contribution in [0.4, 0.5) is 8.78 Å². The molecule has 1 aromatic carbocycles. The second kappa shape index (κ2) is 3.87. The molecule has 0 aromatic heterocycles. The molecule has 5 heteroatoms. The van der Waals surface area contributed by atoms with Crippen LogP contribution < -0.4 is 0 Å². The first-order valence-electron chi connectivity index (χ1n) is 3.64. The quantitative estimate of drug-likeness (QED) is 0.383. The molecule has 0 heterocycles. The minimum absolute atomic E-state index is 0.0674. The second-order valence-corrected chi connectivity index (χ2v) is 2.55. The lowest BCUT2D eigenvalue weighted by atomic mass is 10.1. The molecule has 0 amide bonds. The molecule has 0 N–H and O–H groups in total. The molecule has 1 rings (SSSR count). The lowest BCUT2D eigenvalue weighted by Gasteiger charge is -2.05. The van der Waals surface area contributed by atoms with E-state index in [2.05, 4.69) is 10.0 Å². The number of benzene rings is 1. The van der Waals surface area contributed by atoms with Crippen LogP contribution in [0.25, 0.3) is 10.4 Å². The summed E-state index contributed by atoms with van der Waals surface area (Å²) in [5.41, 5.74) is 8.17. The zero-order valence-corrected chi connectivity index (χ0v) is 6.91. The van der Waals surface area contributed by atoms with Crippen LogP contribution in [0.2, 0.25) is 0 Å². The standard InChI is InChI=1S/C8H7F2N3/c1-5(12-13-11)7-4-6(9)2-3-8(7)10/h2-5H,1H3/t5-/m1/s1. The topological polar surface area (TPSA) is 48.8 Å². The van der Waals surface area contributed by atoms with Crippen molar-refractivity contribution in [2.45, 2.75) is 13.0 Å². The van der Waals surface area contributed by atoms with E-state index in [1.807, 2.05) is 0 Å². The molecule has 1 atom stereocenters. The molecular weight excluding hydrogens is 176 g/mol. The van der Waals surface area contributed by atoms with Crippen molar-refractivity contribution in [1.29, 1.82) is 0 Å². The number of rotatable bonds is 2. The van der Waals surface area contributed by atoms with Crippen LogP contribution in [0.1, 0.15) is 18.5 Å². The van der Waals surface area contributed by atoms with E-state index in [1.54, 1.807) is 0 Å². The summed E-state index contributed by atoms with van der Waals surface area (Å²) < 4.78 is 25.6. The Hall–Kier alpha value is -1.61. The van der Waals surface area contributed by atoms with Gasteiger partial charge in [0.15, 0.2) is 0 Å². The third-order valence-electron chi connectivity index (χ3n) is 1.63. The molecule has 0 saturated carbocycles. The SMILES string of the molecule is C[C@@H](N=[N+]=[N-])c1cc(F)ccc1F. The summed E-state index contributed by atoms with van der Waals surface area (Å²) in [5.74, 6) is -1.11. The highest BCUT2D eigenvalue weighted by Crippen LogP contribution is 2.20. The average molecular weight is 183 g/mol. The Balaban J connectivity index is 3.12. The molecule has 0 aliphatic carbocycles. The summed E-state index contributed by atoms with van der Waals surface area (Å²) in [4.78, 5) is 2.52. The van der Waals surface area contributed by atoms with Gasteiger partial charge in [0.05, 0.1) is 6.04 Å². The van der Waals surface area contributed by atoms with E-state index in [0.29, 0.717) is 0 Å². The predicted molar refractivity (Wildman–Crippen MR) is 43.9 cm³/mol. The van der Waals surface area contributed by atoms with Crippen molar-refractivity contribution in [2.75, 3.05) is 0 Å². The highest BCUT2D eigenvalue weighted by Gasteiger charge is 2.09. The Kier molecular flexibility index (Phi) is 2.82. The van der Waals surface area contributed by atoms with Crippen LogP contribution in [0.15, 0.2) is 23.3 Å². The van der Waals surface area contributed by atoms with Gasteiger partial charge in [0.2, 0.25) is 0 Å². The van der Waals surface area contributed by atoms with Gasteiger partial charge in [0, 0.05) is 4.91 Å². The van der Waals surface area contributed by atoms with Crippen molar-refractivity contribution < 1.29 is 8.78 Å². The van der Waals surface area contributed by atoms with Crippen molar-refractivity contribution in [3.8, 4) is 0 Å². The van der Waals surface area contributed by atoms with Gasteiger partial charge in [-0.1, -0.05) is 12.0 Å². The Morgan fingerprint density at radius 2 is 2.15 bits per heavy atom. The molecular formula is C8H7F2N3. The van der Waals surface area contributed by atoms with E-state index in [-0.39, 0.29) is 5.56 Å². The van der Waals surface area contributed by atoms with Crippen molar-refractivity contribution >= 4 is 0 Å². The van der Waals surface area contributed by atoms with E-state index >= 15 is 0 Å². The van der Waals surface area contributed by atoms with Crippen LogP contribution in [0, 0.1) is 11.6 Å². The number of hydrogen-bond acceptors (Lipinski definition) is 1. The summed E-state index contributed by atoms with van der Waals surface area (Å²) in [7, 11) is 0. The number of hydrogen-bond donors (Lipinski definition) is 0. The number of nitrogens with zero attached hydrogens (tertiary/aromatic N) is 3. The van der Waals surface area contributed by atoms with Crippen molar-refractivity contribution in [3.63, 3.8) is 0 Å². The molecule has 0 saturated heterocycles. The smallest absolute Gasteiger partial charge is 0.127 e. The Morgan fingerprint density at radius 1 is 1.46 bits per heavy atom. The summed E-state index contributed by atoms with van der Waals surface area (Å²) >= 11 is 0. The minimum atomic E-state index is -0.694. The zero-order chi connectivity index (χ0) is 9.84. The van der Waals surface area contributed by atoms with Crippen LogP contribution >= 0.6 is 0 Å². The van der Waals surface area contributed by atoms with Gasteiger partial charge < -0.3 is 0 Å². The third kappa shape index (κ3) is 2.16. The molecule has 0 unspecified atom stereocenters. The highest BCUT2D eigenvalue weighted by molar-refractivity contribution is 5.21. The van der Waals surface area contributed by atoms with Gasteiger partial charge in [-0.3, -0.25) is 0 Å². The van der Waals surface area contributed by atoms with Gasteiger partial charge in [-0.05, 0) is 29.3 Å². The van der Waals surface area contributed by atoms with E-state index in [4.69, 9.17) is 5.53 Å². The summed E-state index contributed by atoms with van der Waals surface area (Å²) in [5, 5.41) is 3.27. The second-order valence-electron chi connectivity index (χ2n) is 2.55. The number of azide groups is 1. The van der Waals surface area contributed by atoms with Crippen LogP contribution in [0.3, 0.4) is 0 Å². The van der Waals surface area contributed by atoms with Gasteiger partial charge in [-0.15, -0.1) is 0 Å². The lowest BCUT2D eigenvalue weighted by Crippen LogP contribution is -1.94. The maximum absolute atomic E-state index is 13.0. The normalized spacial score (nSPS) is 11.9. The fourth-order valence-electron chi connectivity index (χ4n) is 0.974. The summed E-state index contributed by atoms with van der Waals surface area (Å²) in [6, 6.07) is 2.35. The summed E-state index contributed by atoms with van der Waals surface area (Å²) in [6.45, 7) is 1.50. The first kappa shape index (κ1) is 9.48. The molecule has 68 valence electrons. The fourth-order valence-corrected chi connectivity index (χ4v) is 0.974. The number of halogens is 2. The molecule has 3 nitrogen and oxygen atoms in total. The van der Waals surface area contributed by atoms with Crippen molar-refractivity contribution in [2.24, 2.45) is 5.11 Å². The van der Waals surface area contributed by atoms with Crippen LogP contribution in [-0.2, 0) is 0 Å². The van der Waals surface area contributed by atoms with Gasteiger partial charge in [0.1, 0.15) is 11.6 Å². The Morgan fingerprint density at radius 3 is 2.77 bits per heavy atom. The van der Waals surface area contributed by atoms with Gasteiger partial charge in [0.25, 0.3) is 0 Å². The first-order valence-corrected chi connectivity index (χ1v) is 3.64. The third-order valence-corrected chi connectivity index (χ3v) is 1.63. The van der Waals surface area contributed by atoms with E-state index < -0.39 is 17.7 Å². The zero-order valence-electron chi connectivity index (χ0n) is 6.91. The lowest BCUT2D eigenvalue weighted by molar-refractivity contribution is 0.571. The van der Waals surface area contributed by atoms with Crippen LogP contribution in [0.5, 0.6) is 0 Å². The van der Waals surface area contributed by atoms with E-state index in [9.17, 15) is 8.78 Å². The molecule has 0 aliphatic heterocycles. The molecule has 0 fully saturated rings. The summed E-state index contributed by atoms with van der Waals surface area (Å²) in [6.07, 6.45) is 0. The Labute approximate surface area is 73.6 Å². The molecule has 0 bridgehead atoms. The van der Waals surface area contributed by atoms with Gasteiger partial charge in [-0.2, -0.15) is 0 Å². The van der Waals surface area contributed by atoms with Gasteiger partial charge >= 0.3 is 0 Å². The molecule has 13 heavy (non-hydrogen) atoms. The van der Waals surface area contributed by atoms with Crippen LogP contribution in [-0.4, -0.2) is 0 Å². The Bertz CT molecular complexity index is 358. The van der Waals surface area contributed by atoms with E-state index in [0.717, 1.165) is 18.2 Å². The fraction of sp³-hybridized carbons (Fsp3) is 0.250. The largest absolute Gasteiger partial charge is 0.207 e. The minimum Gasteiger partial charge on any atom is -0.207 e. The maximum atomic E-state index is 13.0. The molecule has 0 aliphatic rings. The van der Waals surface area contributed by atoms with E-state index in [1.165, 1.54) is 6.92 Å². The van der Waals surface area contributed by atoms with Crippen molar-refractivity contribution in [3.05, 3.63) is 45.8 Å². The maximum Gasteiger partial charge on any atom is 0.127 e. The monoisotopic (exact) mass is 183 g/mol. The molecule has 0 radical (unpaired) electrons.